The Morgan fingerprint density at radius 2 is 1.82 bits per heavy atom. The van der Waals surface area contributed by atoms with E-state index in [9.17, 15) is 4.79 Å². The molecular formula is C22H20N4OS. The van der Waals surface area contributed by atoms with Gasteiger partial charge in [0.2, 0.25) is 0 Å². The van der Waals surface area contributed by atoms with Crippen LogP contribution in [0.2, 0.25) is 0 Å². The quantitative estimate of drug-likeness (QED) is 0.501. The van der Waals surface area contributed by atoms with Gasteiger partial charge in [0.25, 0.3) is 5.91 Å². The van der Waals surface area contributed by atoms with Gasteiger partial charge in [-0.2, -0.15) is 0 Å². The number of hydrogen-bond donors (Lipinski definition) is 0. The van der Waals surface area contributed by atoms with E-state index in [4.69, 9.17) is 4.98 Å². The zero-order valence-electron chi connectivity index (χ0n) is 16.0. The number of hydrogen-bond acceptors (Lipinski definition) is 5. The summed E-state index contributed by atoms with van der Waals surface area (Å²) >= 11 is 1.53. The molecule has 2 aromatic heterocycles. The molecule has 0 spiro atoms. The number of carbonyl (C=O) groups is 1. The molecule has 2 aromatic carbocycles. The summed E-state index contributed by atoms with van der Waals surface area (Å²) in [6, 6.07) is 14.1. The van der Waals surface area contributed by atoms with E-state index in [1.807, 2.05) is 37.3 Å². The molecule has 0 aliphatic heterocycles. The van der Waals surface area contributed by atoms with Gasteiger partial charge in [-0.1, -0.05) is 47.7 Å². The van der Waals surface area contributed by atoms with Gasteiger partial charge in [0.15, 0.2) is 5.13 Å². The number of anilines is 1. The van der Waals surface area contributed by atoms with Crippen molar-refractivity contribution in [2.24, 2.45) is 0 Å². The minimum absolute atomic E-state index is 0.204. The molecule has 6 heteroatoms. The van der Waals surface area contributed by atoms with Gasteiger partial charge in [-0.05, 0) is 43.5 Å². The first-order valence-corrected chi connectivity index (χ1v) is 9.85. The summed E-state index contributed by atoms with van der Waals surface area (Å²) in [6.45, 7) is 6.40. The lowest BCUT2D eigenvalue weighted by Gasteiger charge is -2.19. The summed E-state index contributed by atoms with van der Waals surface area (Å²) in [6.07, 6.45) is 3.14. The smallest absolute Gasteiger partial charge is 0.278 e. The molecule has 0 aliphatic rings. The molecule has 0 fully saturated rings. The maximum absolute atomic E-state index is 13.3. The van der Waals surface area contributed by atoms with Crippen molar-refractivity contribution in [1.82, 2.24) is 15.0 Å². The van der Waals surface area contributed by atoms with E-state index in [2.05, 4.69) is 35.9 Å². The Labute approximate surface area is 167 Å². The fourth-order valence-corrected chi connectivity index (χ4v) is 4.13. The average molecular weight is 388 g/mol. The molecular weight excluding hydrogens is 368 g/mol. The van der Waals surface area contributed by atoms with Crippen LogP contribution in [0.15, 0.2) is 54.9 Å². The Balaban J connectivity index is 1.79. The minimum Gasteiger partial charge on any atom is -0.278 e. The molecule has 0 aliphatic carbocycles. The summed E-state index contributed by atoms with van der Waals surface area (Å²) in [5.41, 5.74) is 5.36. The van der Waals surface area contributed by atoms with Gasteiger partial charge in [-0.25, -0.2) is 9.97 Å². The first-order valence-electron chi connectivity index (χ1n) is 9.03. The summed E-state index contributed by atoms with van der Waals surface area (Å²) in [5, 5.41) is 0.667. The van der Waals surface area contributed by atoms with E-state index in [0.29, 0.717) is 17.4 Å². The van der Waals surface area contributed by atoms with Crippen LogP contribution in [0.1, 0.15) is 32.9 Å². The predicted molar refractivity (Wildman–Crippen MR) is 113 cm³/mol. The van der Waals surface area contributed by atoms with Crippen LogP contribution in [0.25, 0.3) is 10.2 Å². The number of rotatable bonds is 4. The van der Waals surface area contributed by atoms with Crippen molar-refractivity contribution in [3.63, 3.8) is 0 Å². The lowest BCUT2D eigenvalue weighted by Crippen LogP contribution is -2.31. The average Bonchev–Trinajstić information content (AvgIpc) is 3.11. The van der Waals surface area contributed by atoms with E-state index in [1.165, 1.54) is 23.1 Å². The van der Waals surface area contributed by atoms with Gasteiger partial charge < -0.3 is 0 Å². The topological polar surface area (TPSA) is 59.0 Å². The fraction of sp³-hybridized carbons (Fsp3) is 0.182. The number of carbonyl (C=O) groups excluding carboxylic acids is 1. The molecule has 5 nitrogen and oxygen atoms in total. The third-order valence-electron chi connectivity index (χ3n) is 4.47. The van der Waals surface area contributed by atoms with E-state index in [0.717, 1.165) is 27.0 Å². The van der Waals surface area contributed by atoms with Crippen LogP contribution in [0.4, 0.5) is 5.13 Å². The van der Waals surface area contributed by atoms with Crippen LogP contribution in [0.5, 0.6) is 0 Å². The number of aryl methyl sites for hydroxylation is 3. The number of nitrogens with zero attached hydrogens (tertiary/aromatic N) is 4. The molecule has 0 bridgehead atoms. The standard InChI is InChI=1S/C22H20N4OS/c1-14-9-15(2)20-18(10-14)25-22(28-20)26(13-17-7-5-4-6-8-17)21(27)19-12-23-16(3)11-24-19/h4-12H,13H2,1-3H3. The second-order valence-electron chi connectivity index (χ2n) is 6.85. The van der Waals surface area contributed by atoms with Crippen molar-refractivity contribution >= 4 is 32.6 Å². The third-order valence-corrected chi connectivity index (χ3v) is 5.70. The van der Waals surface area contributed by atoms with Gasteiger partial charge in [-0.15, -0.1) is 0 Å². The van der Waals surface area contributed by atoms with Crippen molar-refractivity contribution in [2.75, 3.05) is 4.90 Å². The summed E-state index contributed by atoms with van der Waals surface area (Å²) < 4.78 is 1.10. The van der Waals surface area contributed by atoms with Gasteiger partial charge in [-0.3, -0.25) is 14.7 Å². The highest BCUT2D eigenvalue weighted by molar-refractivity contribution is 7.22. The first-order chi connectivity index (χ1) is 13.5. The monoisotopic (exact) mass is 388 g/mol. The molecule has 28 heavy (non-hydrogen) atoms. The van der Waals surface area contributed by atoms with Crippen molar-refractivity contribution in [2.45, 2.75) is 27.3 Å². The zero-order valence-corrected chi connectivity index (χ0v) is 16.8. The van der Waals surface area contributed by atoms with Crippen LogP contribution < -0.4 is 4.90 Å². The Kier molecular flexibility index (Phi) is 4.88. The Hall–Kier alpha value is -3.12. The SMILES string of the molecule is Cc1cc(C)c2sc(N(Cc3ccccc3)C(=O)c3cnc(C)cn3)nc2c1. The van der Waals surface area contributed by atoms with E-state index >= 15 is 0 Å². The van der Waals surface area contributed by atoms with Gasteiger partial charge >= 0.3 is 0 Å². The van der Waals surface area contributed by atoms with Crippen LogP contribution >= 0.6 is 11.3 Å². The second-order valence-corrected chi connectivity index (χ2v) is 7.82. The van der Waals surface area contributed by atoms with Crippen LogP contribution in [0.3, 0.4) is 0 Å². The molecule has 0 atom stereocenters. The molecule has 0 radical (unpaired) electrons. The maximum Gasteiger partial charge on any atom is 0.280 e. The van der Waals surface area contributed by atoms with Crippen molar-refractivity contribution in [3.05, 3.63) is 82.9 Å². The Morgan fingerprint density at radius 1 is 1.04 bits per heavy atom. The van der Waals surface area contributed by atoms with Gasteiger partial charge in [0.05, 0.1) is 28.7 Å². The molecule has 0 saturated carbocycles. The fourth-order valence-electron chi connectivity index (χ4n) is 3.11. The number of fused-ring (bicyclic) bond motifs is 1. The highest BCUT2D eigenvalue weighted by Crippen LogP contribution is 2.33. The predicted octanol–water partition coefficient (Wildman–Crippen LogP) is 4.86. The molecule has 4 aromatic rings. The van der Waals surface area contributed by atoms with Gasteiger partial charge in [0.1, 0.15) is 5.69 Å². The third kappa shape index (κ3) is 3.64. The van der Waals surface area contributed by atoms with Crippen LogP contribution in [-0.2, 0) is 6.54 Å². The molecule has 0 unspecified atom stereocenters. The minimum atomic E-state index is -0.204. The molecule has 0 saturated heterocycles. The molecule has 4 rings (SSSR count). The van der Waals surface area contributed by atoms with Crippen LogP contribution in [-0.4, -0.2) is 20.9 Å². The van der Waals surface area contributed by atoms with Crippen LogP contribution in [0, 0.1) is 20.8 Å². The van der Waals surface area contributed by atoms with Crippen molar-refractivity contribution < 1.29 is 4.79 Å². The lowest BCUT2D eigenvalue weighted by atomic mass is 10.1. The zero-order chi connectivity index (χ0) is 19.7. The highest BCUT2D eigenvalue weighted by atomic mass is 32.1. The van der Waals surface area contributed by atoms with E-state index in [1.54, 1.807) is 11.1 Å². The Bertz CT molecular complexity index is 1140. The second kappa shape index (κ2) is 7.48. The largest absolute Gasteiger partial charge is 0.280 e. The van der Waals surface area contributed by atoms with Crippen molar-refractivity contribution in [3.8, 4) is 0 Å². The normalized spacial score (nSPS) is 11.0. The first kappa shape index (κ1) is 18.3. The Morgan fingerprint density at radius 3 is 2.54 bits per heavy atom. The van der Waals surface area contributed by atoms with Crippen molar-refractivity contribution in [1.29, 1.82) is 0 Å². The highest BCUT2D eigenvalue weighted by Gasteiger charge is 2.23. The molecule has 2 heterocycles. The summed E-state index contributed by atoms with van der Waals surface area (Å²) in [4.78, 5) is 28.2. The van der Waals surface area contributed by atoms with E-state index in [-0.39, 0.29) is 5.91 Å². The molecule has 0 N–H and O–H groups in total. The summed E-state index contributed by atoms with van der Waals surface area (Å²) in [7, 11) is 0. The lowest BCUT2D eigenvalue weighted by molar-refractivity contribution is 0.0980. The number of aromatic nitrogens is 3. The molecule has 140 valence electrons. The summed E-state index contributed by atoms with van der Waals surface area (Å²) in [5.74, 6) is -0.204. The number of benzene rings is 2. The number of amides is 1. The number of thiazole rings is 1. The molecule has 1 amide bonds. The van der Waals surface area contributed by atoms with Gasteiger partial charge in [0, 0.05) is 6.20 Å². The maximum atomic E-state index is 13.3. The van der Waals surface area contributed by atoms with E-state index < -0.39 is 0 Å².